The van der Waals surface area contributed by atoms with Crippen molar-refractivity contribution in [3.63, 3.8) is 0 Å². The Hall–Kier alpha value is -2.55. The van der Waals surface area contributed by atoms with Crippen LogP contribution in [0.3, 0.4) is 0 Å². The third-order valence-corrected chi connectivity index (χ3v) is 7.53. The maximum atomic E-state index is 13.1. The zero-order valence-electron chi connectivity index (χ0n) is 19.4. The van der Waals surface area contributed by atoms with E-state index in [0.29, 0.717) is 0 Å². The van der Waals surface area contributed by atoms with Crippen molar-refractivity contribution >= 4 is 19.9 Å². The van der Waals surface area contributed by atoms with Gasteiger partial charge in [-0.3, -0.25) is 27.9 Å². The summed E-state index contributed by atoms with van der Waals surface area (Å²) < 4.78 is 46.2. The molecule has 1 aliphatic carbocycles. The van der Waals surface area contributed by atoms with Gasteiger partial charge in [-0.2, -0.15) is 0 Å². The van der Waals surface area contributed by atoms with Crippen molar-refractivity contribution in [1.29, 1.82) is 0 Å². The molecule has 1 aromatic rings. The van der Waals surface area contributed by atoms with E-state index in [1.165, 1.54) is 6.20 Å². The van der Waals surface area contributed by atoms with Gasteiger partial charge >= 0.3 is 25.6 Å². The van der Waals surface area contributed by atoms with Crippen molar-refractivity contribution in [3.05, 3.63) is 33.1 Å². The Morgan fingerprint density at radius 3 is 2.69 bits per heavy atom. The third kappa shape index (κ3) is 4.32. The monoisotopic (exact) mass is 518 g/mol. The Labute approximate surface area is 198 Å². The lowest BCUT2D eigenvalue weighted by Gasteiger charge is -2.33. The highest BCUT2D eigenvalue weighted by Crippen LogP contribution is 2.77. The molecule has 7 atom stereocenters. The molecule has 16 heteroatoms. The van der Waals surface area contributed by atoms with E-state index in [-0.39, 0.29) is 13.0 Å². The van der Waals surface area contributed by atoms with Crippen LogP contribution in [0.25, 0.3) is 0 Å². The average Bonchev–Trinajstić information content (AvgIpc) is 3.08. The molecule has 0 aromatic carbocycles. The van der Waals surface area contributed by atoms with Crippen LogP contribution in [-0.2, 0) is 37.1 Å². The number of nitrogens with one attached hydrogen (secondary N) is 2. The first-order valence-electron chi connectivity index (χ1n) is 10.8. The smallest absolute Gasteiger partial charge is 0.461 e. The standard InChI is InChI=1S/C19H27N4O11P/c1-9(2)31-14(25)10(21-17(27)29-4)6-8-30-35(28)33-13-12-19(13,34-35)18(3,20)15(32-12)23-7-5-11(24)22-16(23)26/h5,7,9-10,12-13,15H,6,8,20H2,1-4H3,(H,21,27)(H,22,24,26)/t10-,12+,13?,15+,18-,19-,35-/m0/s1. The summed E-state index contributed by atoms with van der Waals surface area (Å²) in [5.74, 6) is -0.727. The number of esters is 1. The highest BCUT2D eigenvalue weighted by molar-refractivity contribution is 7.48. The quantitative estimate of drug-likeness (QED) is 0.295. The summed E-state index contributed by atoms with van der Waals surface area (Å²) in [6, 6.07) is 0.00815. The topological polar surface area (TPSA) is 199 Å². The summed E-state index contributed by atoms with van der Waals surface area (Å²) >= 11 is 0. The number of carbonyl (C=O) groups excluding carboxylic acids is 2. The average molecular weight is 518 g/mol. The highest BCUT2D eigenvalue weighted by Gasteiger charge is 2.89. The number of carbonyl (C=O) groups is 2. The second-order valence-electron chi connectivity index (χ2n) is 8.86. The van der Waals surface area contributed by atoms with Crippen molar-refractivity contribution in [3.8, 4) is 0 Å². The van der Waals surface area contributed by atoms with E-state index < -0.39 is 72.9 Å². The van der Waals surface area contributed by atoms with E-state index in [1.54, 1.807) is 20.8 Å². The van der Waals surface area contributed by atoms with Crippen LogP contribution in [0.1, 0.15) is 33.4 Å². The molecule has 0 radical (unpaired) electrons. The number of aromatic amines is 1. The number of rotatable bonds is 8. The Kier molecular flexibility index (Phi) is 6.45. The van der Waals surface area contributed by atoms with Crippen LogP contribution in [0.5, 0.6) is 0 Å². The van der Waals surface area contributed by atoms with E-state index >= 15 is 0 Å². The number of aromatic nitrogens is 2. The largest absolute Gasteiger partial charge is 0.476 e. The summed E-state index contributed by atoms with van der Waals surface area (Å²) in [5, 5.41) is 2.32. The summed E-state index contributed by atoms with van der Waals surface area (Å²) in [7, 11) is -2.99. The highest BCUT2D eigenvalue weighted by atomic mass is 31.2. The second-order valence-corrected chi connectivity index (χ2v) is 10.4. The van der Waals surface area contributed by atoms with Crippen molar-refractivity contribution in [1.82, 2.24) is 14.9 Å². The van der Waals surface area contributed by atoms with Gasteiger partial charge in [0.15, 0.2) is 11.8 Å². The van der Waals surface area contributed by atoms with E-state index in [4.69, 9.17) is 28.8 Å². The minimum absolute atomic E-state index is 0.121. The molecule has 3 aliphatic rings. The van der Waals surface area contributed by atoms with Gasteiger partial charge in [-0.05, 0) is 20.8 Å². The van der Waals surface area contributed by atoms with E-state index in [0.717, 1.165) is 17.7 Å². The van der Waals surface area contributed by atoms with Gasteiger partial charge in [-0.25, -0.2) is 18.9 Å². The fraction of sp³-hybridized carbons (Fsp3) is 0.684. The zero-order valence-corrected chi connectivity index (χ0v) is 20.3. The minimum Gasteiger partial charge on any atom is -0.461 e. The maximum Gasteiger partial charge on any atom is 0.476 e. The van der Waals surface area contributed by atoms with Gasteiger partial charge in [0.2, 0.25) is 0 Å². The van der Waals surface area contributed by atoms with Gasteiger partial charge in [-0.15, -0.1) is 0 Å². The number of amides is 1. The summed E-state index contributed by atoms with van der Waals surface area (Å²) in [6.07, 6.45) is -2.74. The molecule has 2 aliphatic heterocycles. The van der Waals surface area contributed by atoms with Gasteiger partial charge in [0.25, 0.3) is 5.56 Å². The molecule has 3 fully saturated rings. The fourth-order valence-corrected chi connectivity index (χ4v) is 6.12. The number of H-pyrrole nitrogens is 1. The lowest BCUT2D eigenvalue weighted by Crippen LogP contribution is -2.57. The molecule has 194 valence electrons. The Bertz CT molecular complexity index is 1180. The van der Waals surface area contributed by atoms with Crippen LogP contribution in [0.4, 0.5) is 4.79 Å². The van der Waals surface area contributed by atoms with E-state index in [9.17, 15) is 23.7 Å². The number of hydrogen-bond donors (Lipinski definition) is 3. The molecular weight excluding hydrogens is 491 g/mol. The Morgan fingerprint density at radius 1 is 1.34 bits per heavy atom. The first kappa shape index (κ1) is 25.5. The van der Waals surface area contributed by atoms with Gasteiger partial charge in [-0.1, -0.05) is 0 Å². The van der Waals surface area contributed by atoms with E-state index in [2.05, 4.69) is 15.0 Å². The number of nitrogens with zero attached hydrogens (tertiary/aromatic N) is 1. The molecule has 2 saturated heterocycles. The van der Waals surface area contributed by atoms with E-state index in [1.807, 2.05) is 0 Å². The molecule has 1 aromatic heterocycles. The number of hydrogen-bond acceptors (Lipinski definition) is 12. The lowest BCUT2D eigenvalue weighted by atomic mass is 9.92. The number of phosphoric acid groups is 1. The van der Waals surface area contributed by atoms with Gasteiger partial charge < -0.3 is 25.3 Å². The number of alkyl carbamates (subject to hydrolysis) is 1. The molecule has 4 N–H and O–H groups in total. The van der Waals surface area contributed by atoms with Gasteiger partial charge in [0.05, 0.1) is 25.4 Å². The minimum atomic E-state index is -4.13. The molecule has 1 spiro atoms. The predicted molar refractivity (Wildman–Crippen MR) is 115 cm³/mol. The first-order valence-corrected chi connectivity index (χ1v) is 12.2. The van der Waals surface area contributed by atoms with Crippen LogP contribution < -0.4 is 22.3 Å². The summed E-state index contributed by atoms with van der Waals surface area (Å²) in [5.41, 5.74) is 2.43. The van der Waals surface area contributed by atoms with Crippen LogP contribution in [0, 0.1) is 0 Å². The first-order chi connectivity index (χ1) is 16.3. The molecule has 3 heterocycles. The van der Waals surface area contributed by atoms with Crippen LogP contribution in [0.15, 0.2) is 21.9 Å². The number of methoxy groups -OCH3 is 1. The fourth-order valence-electron chi connectivity index (χ4n) is 4.32. The summed E-state index contributed by atoms with van der Waals surface area (Å²) in [4.78, 5) is 49.6. The van der Waals surface area contributed by atoms with Crippen molar-refractivity contribution in [2.75, 3.05) is 13.7 Å². The predicted octanol–water partition coefficient (Wildman–Crippen LogP) is -0.490. The Morgan fingerprint density at radius 2 is 2.06 bits per heavy atom. The third-order valence-electron chi connectivity index (χ3n) is 6.02. The molecule has 35 heavy (non-hydrogen) atoms. The van der Waals surface area contributed by atoms with Gasteiger partial charge in [0, 0.05) is 18.7 Å². The molecule has 1 amide bonds. The number of phosphoric ester groups is 1. The normalized spacial score (nSPS) is 35.8. The van der Waals surface area contributed by atoms with Crippen LogP contribution in [-0.4, -0.2) is 70.8 Å². The Balaban J connectivity index is 1.42. The van der Waals surface area contributed by atoms with Crippen molar-refractivity contribution in [2.45, 2.75) is 68.9 Å². The molecule has 1 saturated carbocycles. The van der Waals surface area contributed by atoms with Crippen molar-refractivity contribution in [2.24, 2.45) is 5.73 Å². The molecular formula is C19H27N4O11P. The molecule has 1 unspecified atom stereocenters. The molecule has 0 bridgehead atoms. The van der Waals surface area contributed by atoms with Gasteiger partial charge in [0.1, 0.15) is 18.2 Å². The molecule has 4 rings (SSSR count). The maximum absolute atomic E-state index is 13.1. The number of fused-ring (bicyclic) bond motifs is 1. The lowest BCUT2D eigenvalue weighted by molar-refractivity contribution is -0.150. The van der Waals surface area contributed by atoms with Crippen molar-refractivity contribution < 1.29 is 41.9 Å². The second kappa shape index (κ2) is 8.84. The SMILES string of the molecule is COC(=O)N[C@@H](CCO[P@@]1(=O)OC2[C@H]3O[C@@H](n4ccc(=O)[nH]c4=O)[C@](C)(N)[C@@]23O1)C(=O)OC(C)C. The number of ether oxygens (including phenoxy) is 3. The van der Waals surface area contributed by atoms with Crippen LogP contribution >= 0.6 is 7.82 Å². The number of nitrogens with two attached hydrogens (primary N) is 1. The van der Waals surface area contributed by atoms with Crippen LogP contribution in [0.2, 0.25) is 0 Å². The molecule has 15 nitrogen and oxygen atoms in total. The zero-order chi connectivity index (χ0) is 25.8. The summed E-state index contributed by atoms with van der Waals surface area (Å²) in [6.45, 7) is 4.53.